The van der Waals surface area contributed by atoms with E-state index < -0.39 is 0 Å². The zero-order valence-corrected chi connectivity index (χ0v) is 12.7. The van der Waals surface area contributed by atoms with E-state index in [-0.39, 0.29) is 24.0 Å². The Balaban J connectivity index is 0.00000196. The normalized spacial score (nSPS) is 10.8. The van der Waals surface area contributed by atoms with E-state index in [1.54, 1.807) is 11.8 Å². The Morgan fingerprint density at radius 1 is 1.27 bits per heavy atom. The third-order valence-corrected chi connectivity index (χ3v) is 2.90. The number of hydrogen-bond donors (Lipinski definition) is 0. The SMILES string of the molecule is CN=C(SC)N(C)c1ccc(C)cc1.I. The topological polar surface area (TPSA) is 15.6 Å². The first-order valence-corrected chi connectivity index (χ1v) is 5.72. The van der Waals surface area contributed by atoms with Crippen LogP contribution in [0.4, 0.5) is 5.69 Å². The van der Waals surface area contributed by atoms with Crippen molar-refractivity contribution in [3.05, 3.63) is 29.8 Å². The third-order valence-electron chi connectivity index (χ3n) is 2.08. The molecule has 84 valence electrons. The summed E-state index contributed by atoms with van der Waals surface area (Å²) in [6.07, 6.45) is 2.03. The molecule has 15 heavy (non-hydrogen) atoms. The predicted octanol–water partition coefficient (Wildman–Crippen LogP) is 3.40. The Kier molecular flexibility index (Phi) is 7.00. The quantitative estimate of drug-likeness (QED) is 0.444. The zero-order chi connectivity index (χ0) is 10.6. The minimum Gasteiger partial charge on any atom is -0.324 e. The molecule has 4 heteroatoms. The maximum Gasteiger partial charge on any atom is 0.162 e. The fourth-order valence-electron chi connectivity index (χ4n) is 1.26. The van der Waals surface area contributed by atoms with Crippen LogP contribution in [0.1, 0.15) is 5.56 Å². The lowest BCUT2D eigenvalue weighted by Crippen LogP contribution is -2.22. The van der Waals surface area contributed by atoms with Crippen molar-refractivity contribution < 1.29 is 0 Å². The molecule has 0 saturated heterocycles. The Hall–Kier alpha value is -0.230. The minimum absolute atomic E-state index is 0. The standard InChI is InChI=1S/C11H16N2S.HI/c1-9-5-7-10(8-6-9)13(3)11(12-2)14-4;/h5-8H,1-4H3;1H. The lowest BCUT2D eigenvalue weighted by molar-refractivity contribution is 1.25. The maximum absolute atomic E-state index is 4.21. The van der Waals surface area contributed by atoms with Crippen LogP contribution in [0.5, 0.6) is 0 Å². The van der Waals surface area contributed by atoms with Gasteiger partial charge in [-0.1, -0.05) is 29.5 Å². The predicted molar refractivity (Wildman–Crippen MR) is 81.9 cm³/mol. The summed E-state index contributed by atoms with van der Waals surface area (Å²) in [4.78, 5) is 6.30. The summed E-state index contributed by atoms with van der Waals surface area (Å²) < 4.78 is 0. The van der Waals surface area contributed by atoms with Gasteiger partial charge in [0.05, 0.1) is 0 Å². The molecule has 0 heterocycles. The number of nitrogens with zero attached hydrogens (tertiary/aromatic N) is 2. The molecule has 0 aliphatic carbocycles. The van der Waals surface area contributed by atoms with Crippen molar-refractivity contribution in [2.24, 2.45) is 4.99 Å². The largest absolute Gasteiger partial charge is 0.324 e. The smallest absolute Gasteiger partial charge is 0.162 e. The molecule has 0 aliphatic heterocycles. The summed E-state index contributed by atoms with van der Waals surface area (Å²) in [7, 11) is 3.85. The number of amidine groups is 1. The summed E-state index contributed by atoms with van der Waals surface area (Å²) in [5.74, 6) is 0. The van der Waals surface area contributed by atoms with E-state index in [0.717, 1.165) is 5.17 Å². The molecule has 0 radical (unpaired) electrons. The van der Waals surface area contributed by atoms with Crippen molar-refractivity contribution in [3.8, 4) is 0 Å². The van der Waals surface area contributed by atoms with Crippen LogP contribution < -0.4 is 4.90 Å². The van der Waals surface area contributed by atoms with Crippen LogP contribution in [-0.4, -0.2) is 25.5 Å². The van der Waals surface area contributed by atoms with Gasteiger partial charge in [0.25, 0.3) is 0 Å². The monoisotopic (exact) mass is 336 g/mol. The molecule has 0 amide bonds. The first-order valence-electron chi connectivity index (χ1n) is 4.50. The van der Waals surface area contributed by atoms with Gasteiger partial charge in [0.1, 0.15) is 0 Å². The van der Waals surface area contributed by atoms with Gasteiger partial charge in [-0.25, -0.2) is 0 Å². The van der Waals surface area contributed by atoms with Gasteiger partial charge in [-0.3, -0.25) is 4.99 Å². The van der Waals surface area contributed by atoms with E-state index in [4.69, 9.17) is 0 Å². The van der Waals surface area contributed by atoms with E-state index in [1.807, 2.05) is 20.4 Å². The average Bonchev–Trinajstić information content (AvgIpc) is 2.20. The van der Waals surface area contributed by atoms with Crippen LogP contribution in [0.25, 0.3) is 0 Å². The number of halogens is 1. The van der Waals surface area contributed by atoms with Crippen molar-refractivity contribution in [1.82, 2.24) is 0 Å². The molecule has 1 aromatic carbocycles. The van der Waals surface area contributed by atoms with Crippen LogP contribution in [0.3, 0.4) is 0 Å². The van der Waals surface area contributed by atoms with Gasteiger partial charge in [-0.05, 0) is 25.3 Å². The molecule has 1 aromatic rings. The van der Waals surface area contributed by atoms with Gasteiger partial charge in [0, 0.05) is 19.8 Å². The molecular formula is C11H17IN2S. The van der Waals surface area contributed by atoms with E-state index in [1.165, 1.54) is 11.3 Å². The Bertz CT molecular complexity index is 322. The highest BCUT2D eigenvalue weighted by atomic mass is 127. The van der Waals surface area contributed by atoms with E-state index >= 15 is 0 Å². The van der Waals surface area contributed by atoms with Crippen molar-refractivity contribution >= 4 is 46.6 Å². The summed E-state index contributed by atoms with van der Waals surface area (Å²) >= 11 is 1.65. The highest BCUT2D eigenvalue weighted by Crippen LogP contribution is 2.16. The molecule has 0 aromatic heterocycles. The van der Waals surface area contributed by atoms with Gasteiger partial charge >= 0.3 is 0 Å². The maximum atomic E-state index is 4.21. The molecular weight excluding hydrogens is 319 g/mol. The number of hydrogen-bond acceptors (Lipinski definition) is 2. The fourth-order valence-corrected chi connectivity index (χ4v) is 1.82. The zero-order valence-electron chi connectivity index (χ0n) is 9.52. The van der Waals surface area contributed by atoms with Gasteiger partial charge < -0.3 is 4.90 Å². The van der Waals surface area contributed by atoms with Crippen molar-refractivity contribution in [1.29, 1.82) is 0 Å². The molecule has 0 fully saturated rings. The molecule has 0 saturated carbocycles. The minimum atomic E-state index is 0. The first-order chi connectivity index (χ1) is 6.69. The summed E-state index contributed by atoms with van der Waals surface area (Å²) in [5, 5.41) is 1.02. The Morgan fingerprint density at radius 3 is 2.20 bits per heavy atom. The fraction of sp³-hybridized carbons (Fsp3) is 0.364. The highest BCUT2D eigenvalue weighted by molar-refractivity contribution is 14.0. The first kappa shape index (κ1) is 14.8. The number of anilines is 1. The number of benzene rings is 1. The van der Waals surface area contributed by atoms with E-state index in [2.05, 4.69) is 41.1 Å². The number of thioether (sulfide) groups is 1. The average molecular weight is 336 g/mol. The van der Waals surface area contributed by atoms with Crippen LogP contribution in [-0.2, 0) is 0 Å². The number of aliphatic imine (C=N–C) groups is 1. The second-order valence-corrected chi connectivity index (χ2v) is 3.88. The van der Waals surface area contributed by atoms with Gasteiger partial charge in [-0.15, -0.1) is 24.0 Å². The molecule has 0 atom stereocenters. The van der Waals surface area contributed by atoms with Crippen molar-refractivity contribution in [2.75, 3.05) is 25.3 Å². The molecule has 2 nitrogen and oxygen atoms in total. The van der Waals surface area contributed by atoms with Crippen LogP contribution in [0.15, 0.2) is 29.3 Å². The third kappa shape index (κ3) is 4.03. The van der Waals surface area contributed by atoms with Crippen molar-refractivity contribution in [2.45, 2.75) is 6.92 Å². The summed E-state index contributed by atoms with van der Waals surface area (Å²) in [6, 6.07) is 8.44. The Morgan fingerprint density at radius 2 is 1.80 bits per heavy atom. The molecule has 1 rings (SSSR count). The van der Waals surface area contributed by atoms with Crippen molar-refractivity contribution in [3.63, 3.8) is 0 Å². The molecule has 0 unspecified atom stereocenters. The second-order valence-electron chi connectivity index (χ2n) is 3.10. The molecule has 0 bridgehead atoms. The second kappa shape index (κ2) is 7.11. The van der Waals surface area contributed by atoms with Gasteiger partial charge in [0.15, 0.2) is 5.17 Å². The number of rotatable bonds is 1. The lowest BCUT2D eigenvalue weighted by Gasteiger charge is -2.19. The van der Waals surface area contributed by atoms with Gasteiger partial charge in [0.2, 0.25) is 0 Å². The van der Waals surface area contributed by atoms with Gasteiger partial charge in [-0.2, -0.15) is 0 Å². The highest BCUT2D eigenvalue weighted by Gasteiger charge is 2.05. The Labute approximate surface area is 113 Å². The van der Waals surface area contributed by atoms with Crippen LogP contribution in [0.2, 0.25) is 0 Å². The molecule has 0 spiro atoms. The summed E-state index contributed by atoms with van der Waals surface area (Å²) in [6.45, 7) is 2.09. The van der Waals surface area contributed by atoms with E-state index in [0.29, 0.717) is 0 Å². The van der Waals surface area contributed by atoms with E-state index in [9.17, 15) is 0 Å². The van der Waals surface area contributed by atoms with Crippen LogP contribution >= 0.6 is 35.7 Å². The lowest BCUT2D eigenvalue weighted by atomic mass is 10.2. The van der Waals surface area contributed by atoms with Crippen LogP contribution in [0, 0.1) is 6.92 Å². The molecule has 0 N–H and O–H groups in total. The number of aryl methyl sites for hydroxylation is 1. The molecule has 0 aliphatic rings. The summed E-state index contributed by atoms with van der Waals surface area (Å²) in [5.41, 5.74) is 2.45.